The Morgan fingerprint density at radius 3 is 2.21 bits per heavy atom. The third-order valence-corrected chi connectivity index (χ3v) is 8.19. The van der Waals surface area contributed by atoms with Crippen molar-refractivity contribution in [2.75, 3.05) is 38.5 Å². The highest BCUT2D eigenvalue weighted by atomic mass is 32.1. The summed E-state index contributed by atoms with van der Waals surface area (Å²) in [6, 6.07) is 30.7. The molecule has 1 saturated heterocycles. The zero-order valence-electron chi connectivity index (χ0n) is 21.5. The van der Waals surface area contributed by atoms with Crippen molar-refractivity contribution in [3.8, 4) is 10.4 Å². The number of para-hydroxylation sites is 1. The molecular formula is C31H32N4OS2. The topological polar surface area (TPSA) is 38.8 Å². The van der Waals surface area contributed by atoms with Crippen molar-refractivity contribution >= 4 is 40.3 Å². The Hall–Kier alpha value is -3.52. The van der Waals surface area contributed by atoms with Gasteiger partial charge in [0, 0.05) is 55.4 Å². The minimum absolute atomic E-state index is 0.113. The number of carbonyl (C=O) groups excluding carboxylic acids is 1. The normalized spacial score (nSPS) is 13.8. The molecule has 5 rings (SSSR count). The first kappa shape index (κ1) is 26.1. The van der Waals surface area contributed by atoms with Gasteiger partial charge in [-0.15, -0.1) is 11.3 Å². The van der Waals surface area contributed by atoms with E-state index in [-0.39, 0.29) is 5.91 Å². The van der Waals surface area contributed by atoms with Crippen LogP contribution in [0.15, 0.2) is 96.4 Å². The van der Waals surface area contributed by atoms with Crippen LogP contribution in [-0.2, 0) is 13.1 Å². The monoisotopic (exact) mass is 540 g/mol. The van der Waals surface area contributed by atoms with E-state index in [4.69, 9.17) is 12.2 Å². The third kappa shape index (κ3) is 6.48. The summed E-state index contributed by atoms with van der Waals surface area (Å²) in [6.45, 7) is 4.77. The van der Waals surface area contributed by atoms with Gasteiger partial charge in [0.1, 0.15) is 0 Å². The maximum absolute atomic E-state index is 13.0. The van der Waals surface area contributed by atoms with Gasteiger partial charge in [0.15, 0.2) is 5.11 Å². The van der Waals surface area contributed by atoms with Crippen molar-refractivity contribution in [3.63, 3.8) is 0 Å². The summed E-state index contributed by atoms with van der Waals surface area (Å²) < 4.78 is 0. The van der Waals surface area contributed by atoms with Gasteiger partial charge in [-0.3, -0.25) is 4.79 Å². The number of likely N-dealkylation sites (N-methyl/N-ethyl adjacent to an activating group) is 1. The number of carbonyl (C=O) groups is 1. The van der Waals surface area contributed by atoms with E-state index in [0.717, 1.165) is 43.0 Å². The molecule has 1 aliphatic rings. The van der Waals surface area contributed by atoms with Gasteiger partial charge in [-0.1, -0.05) is 60.7 Å². The molecule has 0 spiro atoms. The van der Waals surface area contributed by atoms with E-state index >= 15 is 0 Å². The fourth-order valence-electron chi connectivity index (χ4n) is 4.60. The van der Waals surface area contributed by atoms with Crippen LogP contribution in [0, 0.1) is 0 Å². The van der Waals surface area contributed by atoms with Gasteiger partial charge < -0.3 is 20.0 Å². The molecule has 4 aromatic rings. The van der Waals surface area contributed by atoms with Crippen LogP contribution >= 0.6 is 23.6 Å². The van der Waals surface area contributed by atoms with Gasteiger partial charge in [-0.2, -0.15) is 0 Å². The molecule has 0 radical (unpaired) electrons. The Morgan fingerprint density at radius 1 is 0.868 bits per heavy atom. The molecule has 0 aliphatic carbocycles. The van der Waals surface area contributed by atoms with Crippen LogP contribution in [0.1, 0.15) is 21.5 Å². The Kier molecular flexibility index (Phi) is 8.48. The Balaban J connectivity index is 1.33. The number of anilines is 1. The highest BCUT2D eigenvalue weighted by Gasteiger charge is 2.21. The summed E-state index contributed by atoms with van der Waals surface area (Å²) in [5.41, 5.74) is 5.25. The van der Waals surface area contributed by atoms with Crippen molar-refractivity contribution in [2.45, 2.75) is 13.1 Å². The molecule has 1 amide bonds. The van der Waals surface area contributed by atoms with Gasteiger partial charge in [-0.25, -0.2) is 0 Å². The van der Waals surface area contributed by atoms with E-state index in [9.17, 15) is 4.79 Å². The van der Waals surface area contributed by atoms with Gasteiger partial charge >= 0.3 is 0 Å². The summed E-state index contributed by atoms with van der Waals surface area (Å²) in [7, 11) is 2.10. The molecule has 5 nitrogen and oxygen atoms in total. The number of hydrogen-bond acceptors (Lipinski definition) is 4. The fraction of sp³-hybridized carbons (Fsp3) is 0.226. The Morgan fingerprint density at radius 2 is 1.53 bits per heavy atom. The summed E-state index contributed by atoms with van der Waals surface area (Å²) in [5, 5.41) is 6.22. The van der Waals surface area contributed by atoms with Gasteiger partial charge in [0.25, 0.3) is 5.91 Å². The van der Waals surface area contributed by atoms with Crippen LogP contribution in [-0.4, -0.2) is 58.9 Å². The molecule has 1 aromatic heterocycles. The number of amides is 1. The number of nitrogens with one attached hydrogen (secondary N) is 1. The van der Waals surface area contributed by atoms with Crippen molar-refractivity contribution in [3.05, 3.63) is 113 Å². The SMILES string of the molecule is CN1CCN(C(=O)c2ccc(-c3sccc3CN(Cc3ccccc3)C(=S)Nc3ccccc3)cc2)CC1. The predicted octanol–water partition coefficient (Wildman–Crippen LogP) is 6.20. The standard InChI is InChI=1S/C31H32N4OS2/c1-33-17-19-34(20-18-33)30(36)26-14-12-25(13-15-26)29-27(16-21-38-29)23-35(22-24-8-4-2-5-9-24)31(37)32-28-10-6-3-7-11-28/h2-16,21H,17-20,22-23H2,1H3,(H,32,37). The lowest BCUT2D eigenvalue weighted by Crippen LogP contribution is -2.47. The average molecular weight is 541 g/mol. The van der Waals surface area contributed by atoms with E-state index < -0.39 is 0 Å². The number of piperazine rings is 1. The average Bonchev–Trinajstić information content (AvgIpc) is 3.42. The maximum Gasteiger partial charge on any atom is 0.253 e. The lowest BCUT2D eigenvalue weighted by molar-refractivity contribution is 0.0664. The van der Waals surface area contributed by atoms with E-state index in [1.807, 2.05) is 53.4 Å². The van der Waals surface area contributed by atoms with Crippen LogP contribution < -0.4 is 5.32 Å². The van der Waals surface area contributed by atoms with Crippen LogP contribution in [0.5, 0.6) is 0 Å². The number of benzene rings is 3. The molecule has 0 bridgehead atoms. The summed E-state index contributed by atoms with van der Waals surface area (Å²) in [6.07, 6.45) is 0. The zero-order chi connectivity index (χ0) is 26.3. The van der Waals surface area contributed by atoms with Crippen molar-refractivity contribution in [2.24, 2.45) is 0 Å². The first-order valence-electron chi connectivity index (χ1n) is 12.9. The molecule has 3 aromatic carbocycles. The van der Waals surface area contributed by atoms with Crippen molar-refractivity contribution in [1.82, 2.24) is 14.7 Å². The Labute approximate surface area is 234 Å². The minimum Gasteiger partial charge on any atom is -0.340 e. The largest absolute Gasteiger partial charge is 0.340 e. The second-order valence-electron chi connectivity index (χ2n) is 9.59. The molecule has 1 N–H and O–H groups in total. The first-order valence-corrected chi connectivity index (χ1v) is 14.1. The minimum atomic E-state index is 0.113. The first-order chi connectivity index (χ1) is 18.6. The third-order valence-electron chi connectivity index (χ3n) is 6.82. The second-order valence-corrected chi connectivity index (χ2v) is 10.9. The molecule has 38 heavy (non-hydrogen) atoms. The number of thiophene rings is 1. The molecule has 1 aliphatic heterocycles. The fourth-order valence-corrected chi connectivity index (χ4v) is 5.77. The maximum atomic E-state index is 13.0. The van der Waals surface area contributed by atoms with E-state index in [0.29, 0.717) is 18.2 Å². The summed E-state index contributed by atoms with van der Waals surface area (Å²) in [4.78, 5) is 20.6. The lowest BCUT2D eigenvalue weighted by Gasteiger charge is -2.32. The Bertz CT molecular complexity index is 1350. The smallest absolute Gasteiger partial charge is 0.253 e. The quantitative estimate of drug-likeness (QED) is 0.283. The highest BCUT2D eigenvalue weighted by Crippen LogP contribution is 2.31. The van der Waals surface area contributed by atoms with Crippen LogP contribution in [0.25, 0.3) is 10.4 Å². The summed E-state index contributed by atoms with van der Waals surface area (Å²) in [5.74, 6) is 0.113. The van der Waals surface area contributed by atoms with Crippen LogP contribution in [0.3, 0.4) is 0 Å². The second kappa shape index (κ2) is 12.3. The van der Waals surface area contributed by atoms with E-state index in [1.165, 1.54) is 16.0 Å². The summed E-state index contributed by atoms with van der Waals surface area (Å²) >= 11 is 7.60. The van der Waals surface area contributed by atoms with Crippen LogP contribution in [0.2, 0.25) is 0 Å². The highest BCUT2D eigenvalue weighted by molar-refractivity contribution is 7.80. The molecule has 7 heteroatoms. The molecular weight excluding hydrogens is 509 g/mol. The lowest BCUT2D eigenvalue weighted by atomic mass is 10.1. The van der Waals surface area contributed by atoms with Gasteiger partial charge in [0.2, 0.25) is 0 Å². The predicted molar refractivity (Wildman–Crippen MR) is 162 cm³/mol. The van der Waals surface area contributed by atoms with E-state index in [2.05, 4.69) is 70.0 Å². The molecule has 0 atom stereocenters. The zero-order valence-corrected chi connectivity index (χ0v) is 23.2. The van der Waals surface area contributed by atoms with Crippen molar-refractivity contribution < 1.29 is 4.79 Å². The van der Waals surface area contributed by atoms with Crippen molar-refractivity contribution in [1.29, 1.82) is 0 Å². The van der Waals surface area contributed by atoms with Gasteiger partial charge in [0.05, 0.1) is 0 Å². The number of rotatable bonds is 7. The van der Waals surface area contributed by atoms with Gasteiger partial charge in [-0.05, 0) is 71.7 Å². The molecule has 0 saturated carbocycles. The molecule has 2 heterocycles. The number of nitrogens with zero attached hydrogens (tertiary/aromatic N) is 3. The molecule has 0 unspecified atom stereocenters. The van der Waals surface area contributed by atoms with Crippen LogP contribution in [0.4, 0.5) is 5.69 Å². The molecule has 1 fully saturated rings. The molecule has 194 valence electrons. The number of thiocarbonyl (C=S) groups is 1. The van der Waals surface area contributed by atoms with E-state index in [1.54, 1.807) is 11.3 Å². The number of hydrogen-bond donors (Lipinski definition) is 1.